The van der Waals surface area contributed by atoms with E-state index in [4.69, 9.17) is 9.47 Å². The quantitative estimate of drug-likeness (QED) is 0.322. The third-order valence-corrected chi connectivity index (χ3v) is 7.17. The van der Waals surface area contributed by atoms with E-state index in [1.54, 1.807) is 11.8 Å². The van der Waals surface area contributed by atoms with Crippen LogP contribution in [0.2, 0.25) is 0 Å². The van der Waals surface area contributed by atoms with Gasteiger partial charge >= 0.3 is 11.9 Å². The molecule has 0 saturated carbocycles. The molecule has 0 bridgehead atoms. The van der Waals surface area contributed by atoms with Crippen LogP contribution in [0.4, 0.5) is 0 Å². The van der Waals surface area contributed by atoms with E-state index in [9.17, 15) is 9.59 Å². The monoisotopic (exact) mass is 442 g/mol. The van der Waals surface area contributed by atoms with Crippen molar-refractivity contribution in [3.05, 3.63) is 45.5 Å². The minimum atomic E-state index is -0.210. The van der Waals surface area contributed by atoms with Crippen molar-refractivity contribution in [3.63, 3.8) is 0 Å². The van der Waals surface area contributed by atoms with E-state index in [1.807, 2.05) is 53.7 Å². The van der Waals surface area contributed by atoms with Gasteiger partial charge in [-0.15, -0.1) is 0 Å². The van der Waals surface area contributed by atoms with Crippen LogP contribution in [0.15, 0.2) is 21.9 Å². The molecule has 2 rings (SSSR count). The fourth-order valence-electron chi connectivity index (χ4n) is 3.35. The fraction of sp³-hybridized carbons (Fsp3) is 0.462. The molecule has 0 saturated heterocycles. The molecule has 0 aromatic heterocycles. The van der Waals surface area contributed by atoms with E-state index in [0.717, 1.165) is 56.0 Å². The lowest BCUT2D eigenvalue weighted by molar-refractivity contribution is -0.135. The molecule has 0 amide bonds. The fourth-order valence-corrected chi connectivity index (χ4v) is 4.69. The van der Waals surface area contributed by atoms with Gasteiger partial charge in [-0.1, -0.05) is 25.6 Å². The maximum absolute atomic E-state index is 12.1. The number of rotatable bonds is 8. The molecule has 0 radical (unpaired) electrons. The first-order valence-electron chi connectivity index (χ1n) is 10.9. The Kier molecular flexibility index (Phi) is 8.75. The Morgan fingerprint density at radius 2 is 1.03 bits per heavy atom. The Labute approximate surface area is 190 Å². The summed E-state index contributed by atoms with van der Waals surface area (Å²) in [5.41, 5.74) is 6.35. The average molecular weight is 443 g/mol. The van der Waals surface area contributed by atoms with Crippen LogP contribution in [-0.2, 0) is 9.59 Å². The summed E-state index contributed by atoms with van der Waals surface area (Å²) in [6, 6.07) is 3.88. The Balaban J connectivity index is 2.52. The Morgan fingerprint density at radius 1 is 0.677 bits per heavy atom. The molecule has 4 nitrogen and oxygen atoms in total. The zero-order valence-corrected chi connectivity index (χ0v) is 20.8. The first-order chi connectivity index (χ1) is 14.6. The SMILES string of the molecule is CCCC(=O)Oc1cc(C)c(C)c(Sc2c(C)c(C)cc(OC(=O)CCC)c2C)c1C. The first kappa shape index (κ1) is 25.0. The lowest BCUT2D eigenvalue weighted by Crippen LogP contribution is -2.10. The van der Waals surface area contributed by atoms with Gasteiger partial charge in [0.15, 0.2) is 0 Å². The molecule has 168 valence electrons. The minimum absolute atomic E-state index is 0.210. The van der Waals surface area contributed by atoms with Gasteiger partial charge in [-0.2, -0.15) is 0 Å². The van der Waals surface area contributed by atoms with Gasteiger partial charge in [0.2, 0.25) is 0 Å². The third-order valence-electron chi connectivity index (χ3n) is 5.54. The molecule has 0 aliphatic carbocycles. The zero-order valence-electron chi connectivity index (χ0n) is 20.0. The number of carbonyl (C=O) groups excluding carboxylic acids is 2. The molecule has 0 spiro atoms. The first-order valence-corrected chi connectivity index (χ1v) is 11.7. The second-order valence-electron chi connectivity index (χ2n) is 8.09. The number of aryl methyl sites for hydroxylation is 2. The van der Waals surface area contributed by atoms with Gasteiger partial charge < -0.3 is 9.47 Å². The van der Waals surface area contributed by atoms with Gasteiger partial charge in [0.25, 0.3) is 0 Å². The molecule has 5 heteroatoms. The molecule has 0 heterocycles. The van der Waals surface area contributed by atoms with Gasteiger partial charge in [0.1, 0.15) is 11.5 Å². The van der Waals surface area contributed by atoms with Crippen molar-refractivity contribution in [3.8, 4) is 11.5 Å². The molecule has 0 N–H and O–H groups in total. The van der Waals surface area contributed by atoms with Crippen LogP contribution in [-0.4, -0.2) is 11.9 Å². The van der Waals surface area contributed by atoms with Crippen LogP contribution in [0, 0.1) is 41.5 Å². The summed E-state index contributed by atoms with van der Waals surface area (Å²) < 4.78 is 11.3. The molecule has 0 aliphatic rings. The smallest absolute Gasteiger partial charge is 0.311 e. The highest BCUT2D eigenvalue weighted by atomic mass is 32.2. The van der Waals surface area contributed by atoms with E-state index in [-0.39, 0.29) is 11.9 Å². The van der Waals surface area contributed by atoms with E-state index in [1.165, 1.54) is 0 Å². The highest BCUT2D eigenvalue weighted by Gasteiger charge is 2.20. The van der Waals surface area contributed by atoms with Gasteiger partial charge in [0, 0.05) is 33.8 Å². The van der Waals surface area contributed by atoms with E-state index < -0.39 is 0 Å². The van der Waals surface area contributed by atoms with Crippen LogP contribution in [0.5, 0.6) is 11.5 Å². The van der Waals surface area contributed by atoms with Gasteiger partial charge in [-0.25, -0.2) is 0 Å². The lowest BCUT2D eigenvalue weighted by Gasteiger charge is -2.20. The molecular formula is C26H34O4S. The molecule has 0 atom stereocenters. The van der Waals surface area contributed by atoms with Crippen molar-refractivity contribution in [1.82, 2.24) is 0 Å². The van der Waals surface area contributed by atoms with Crippen LogP contribution in [0.3, 0.4) is 0 Å². The molecule has 0 unspecified atom stereocenters. The van der Waals surface area contributed by atoms with Crippen LogP contribution >= 0.6 is 11.8 Å². The number of ether oxygens (including phenoxy) is 2. The Hall–Kier alpha value is -2.27. The number of benzene rings is 2. The third kappa shape index (κ3) is 5.91. The molecule has 2 aromatic carbocycles. The number of hydrogen-bond donors (Lipinski definition) is 0. The lowest BCUT2D eigenvalue weighted by atomic mass is 10.1. The van der Waals surface area contributed by atoms with Gasteiger partial charge in [-0.3, -0.25) is 9.59 Å². The van der Waals surface area contributed by atoms with Crippen molar-refractivity contribution in [2.24, 2.45) is 0 Å². The van der Waals surface area contributed by atoms with Crippen molar-refractivity contribution >= 4 is 23.7 Å². The summed E-state index contributed by atoms with van der Waals surface area (Å²) in [6.07, 6.45) is 2.31. The number of hydrogen-bond acceptors (Lipinski definition) is 5. The van der Waals surface area contributed by atoms with Crippen molar-refractivity contribution in [1.29, 1.82) is 0 Å². The molecule has 31 heavy (non-hydrogen) atoms. The van der Waals surface area contributed by atoms with Crippen LogP contribution in [0.1, 0.15) is 72.9 Å². The summed E-state index contributed by atoms with van der Waals surface area (Å²) >= 11 is 1.65. The van der Waals surface area contributed by atoms with E-state index >= 15 is 0 Å². The summed E-state index contributed by atoms with van der Waals surface area (Å²) in [4.78, 5) is 26.4. The Morgan fingerprint density at radius 3 is 1.35 bits per heavy atom. The van der Waals surface area contributed by atoms with Crippen LogP contribution < -0.4 is 9.47 Å². The minimum Gasteiger partial charge on any atom is -0.426 e. The second-order valence-corrected chi connectivity index (χ2v) is 9.11. The Bertz CT molecular complexity index is 912. The molecule has 0 aliphatic heterocycles. The molecular weight excluding hydrogens is 408 g/mol. The largest absolute Gasteiger partial charge is 0.426 e. The van der Waals surface area contributed by atoms with Crippen molar-refractivity contribution in [2.45, 2.75) is 90.9 Å². The topological polar surface area (TPSA) is 52.6 Å². The molecule has 0 fully saturated rings. The predicted molar refractivity (Wildman–Crippen MR) is 127 cm³/mol. The average Bonchev–Trinajstić information content (AvgIpc) is 2.70. The van der Waals surface area contributed by atoms with Crippen LogP contribution in [0.25, 0.3) is 0 Å². The standard InChI is InChI=1S/C26H34O4S/c1-9-11-23(27)29-21-13-15(3)17(5)25(19(21)7)31-26-18(6)16(4)14-22(20(26)8)30-24(28)12-10-2/h13-14H,9-12H2,1-8H3. The highest BCUT2D eigenvalue weighted by Crippen LogP contribution is 2.44. The van der Waals surface area contributed by atoms with E-state index in [2.05, 4.69) is 13.8 Å². The van der Waals surface area contributed by atoms with E-state index in [0.29, 0.717) is 24.3 Å². The summed E-state index contributed by atoms with van der Waals surface area (Å²) in [5, 5.41) is 0. The summed E-state index contributed by atoms with van der Waals surface area (Å²) in [7, 11) is 0. The number of carbonyl (C=O) groups is 2. The van der Waals surface area contributed by atoms with Gasteiger partial charge in [-0.05, 0) is 88.8 Å². The zero-order chi connectivity index (χ0) is 23.3. The number of esters is 2. The second kappa shape index (κ2) is 10.9. The van der Waals surface area contributed by atoms with Crippen molar-refractivity contribution in [2.75, 3.05) is 0 Å². The van der Waals surface area contributed by atoms with Crippen molar-refractivity contribution < 1.29 is 19.1 Å². The maximum atomic E-state index is 12.1. The molecule has 2 aromatic rings. The van der Waals surface area contributed by atoms with Gasteiger partial charge in [0.05, 0.1) is 0 Å². The normalized spacial score (nSPS) is 10.8. The predicted octanol–water partition coefficient (Wildman–Crippen LogP) is 7.10. The highest BCUT2D eigenvalue weighted by molar-refractivity contribution is 7.99. The summed E-state index contributed by atoms with van der Waals surface area (Å²) in [5.74, 6) is 0.805. The maximum Gasteiger partial charge on any atom is 0.311 e. The summed E-state index contributed by atoms with van der Waals surface area (Å²) in [6.45, 7) is 16.1.